The van der Waals surface area contributed by atoms with Gasteiger partial charge in [-0.2, -0.15) is 0 Å². The molecule has 0 atom stereocenters. The maximum atomic E-state index is 13.1. The molecule has 0 unspecified atom stereocenters. The molecule has 0 aromatic heterocycles. The van der Waals surface area contributed by atoms with E-state index < -0.39 is 0 Å². The topological polar surface area (TPSA) is 59.9 Å². The number of aliphatic imine (C=N–C) groups is 1. The van der Waals surface area contributed by atoms with Gasteiger partial charge in [-0.3, -0.25) is 4.79 Å². The van der Waals surface area contributed by atoms with E-state index in [0.29, 0.717) is 43.9 Å². The number of rotatable bonds is 7. The summed E-state index contributed by atoms with van der Waals surface area (Å²) < 4.78 is 25.8. The van der Waals surface area contributed by atoms with Crippen LogP contribution in [0.2, 0.25) is 10.0 Å². The van der Waals surface area contributed by atoms with Crippen molar-refractivity contribution in [3.05, 3.63) is 90.1 Å². The smallest absolute Gasteiger partial charge is 0.264 e. The minimum absolute atomic E-state index is 0.244. The summed E-state index contributed by atoms with van der Waals surface area (Å²) in [5.74, 6) is 0.533. The minimum atomic E-state index is -0.346. The molecule has 0 spiro atoms. The van der Waals surface area contributed by atoms with Gasteiger partial charge in [-0.1, -0.05) is 29.3 Å². The SMILES string of the molecule is CCOc1cc(/C=C2/SC(=Nc3ccc(F)cc3)NC2=O)cc(I)c1OCc1ccc(Cl)cc1Cl. The summed E-state index contributed by atoms with van der Waals surface area (Å²) >= 11 is 15.6. The first-order valence-corrected chi connectivity index (χ1v) is 13.1. The monoisotopic (exact) mass is 642 g/mol. The molecule has 1 aliphatic rings. The Morgan fingerprint density at radius 2 is 1.89 bits per heavy atom. The lowest BCUT2D eigenvalue weighted by molar-refractivity contribution is -0.115. The van der Waals surface area contributed by atoms with Crippen LogP contribution in [0.15, 0.2) is 64.5 Å². The first-order valence-electron chi connectivity index (χ1n) is 10.4. The van der Waals surface area contributed by atoms with Gasteiger partial charge in [0.1, 0.15) is 12.4 Å². The highest BCUT2D eigenvalue weighted by Crippen LogP contribution is 2.37. The van der Waals surface area contributed by atoms with E-state index in [4.69, 9.17) is 32.7 Å². The zero-order valence-electron chi connectivity index (χ0n) is 18.3. The maximum absolute atomic E-state index is 13.1. The van der Waals surface area contributed by atoms with Crippen LogP contribution in [0.1, 0.15) is 18.1 Å². The Kier molecular flexibility index (Phi) is 8.59. The number of carbonyl (C=O) groups is 1. The van der Waals surface area contributed by atoms with Gasteiger partial charge in [0.05, 0.1) is 20.8 Å². The number of nitrogens with one attached hydrogen (secondary N) is 1. The highest BCUT2D eigenvalue weighted by Gasteiger charge is 2.24. The molecule has 4 rings (SSSR count). The van der Waals surface area contributed by atoms with Crippen LogP contribution >= 0.6 is 57.6 Å². The molecule has 1 heterocycles. The number of hydrogen-bond acceptors (Lipinski definition) is 5. The summed E-state index contributed by atoms with van der Waals surface area (Å²) in [6, 6.07) is 14.7. The molecule has 10 heteroatoms. The molecule has 0 aliphatic carbocycles. The van der Waals surface area contributed by atoms with Gasteiger partial charge in [0.25, 0.3) is 5.91 Å². The van der Waals surface area contributed by atoms with Crippen LogP contribution in [0.4, 0.5) is 10.1 Å². The predicted molar refractivity (Wildman–Crippen MR) is 148 cm³/mol. The van der Waals surface area contributed by atoms with E-state index in [0.717, 1.165) is 14.7 Å². The molecule has 5 nitrogen and oxygen atoms in total. The van der Waals surface area contributed by atoms with Gasteiger partial charge >= 0.3 is 0 Å². The summed E-state index contributed by atoms with van der Waals surface area (Å²) in [6.45, 7) is 2.57. The van der Waals surface area contributed by atoms with Crippen LogP contribution in [0, 0.1) is 9.39 Å². The van der Waals surface area contributed by atoms with Crippen molar-refractivity contribution in [2.24, 2.45) is 4.99 Å². The number of amides is 1. The fourth-order valence-electron chi connectivity index (χ4n) is 3.13. The van der Waals surface area contributed by atoms with Crippen molar-refractivity contribution < 1.29 is 18.7 Å². The predicted octanol–water partition coefficient (Wildman–Crippen LogP) is 7.61. The second-order valence-electron chi connectivity index (χ2n) is 7.25. The Labute approximate surface area is 229 Å². The van der Waals surface area contributed by atoms with Gasteiger partial charge < -0.3 is 14.8 Å². The first kappa shape index (κ1) is 25.8. The minimum Gasteiger partial charge on any atom is -0.490 e. The highest BCUT2D eigenvalue weighted by atomic mass is 127. The Balaban J connectivity index is 1.56. The van der Waals surface area contributed by atoms with E-state index in [9.17, 15) is 9.18 Å². The summed E-state index contributed by atoms with van der Waals surface area (Å²) in [6.07, 6.45) is 1.76. The quantitative estimate of drug-likeness (QED) is 0.213. The van der Waals surface area contributed by atoms with Gasteiger partial charge in [-0.25, -0.2) is 9.38 Å². The number of hydrogen-bond donors (Lipinski definition) is 1. The molecule has 1 aliphatic heterocycles. The van der Waals surface area contributed by atoms with Crippen molar-refractivity contribution in [2.75, 3.05) is 6.61 Å². The lowest BCUT2D eigenvalue weighted by Gasteiger charge is -2.15. The Bertz CT molecular complexity index is 1330. The summed E-state index contributed by atoms with van der Waals surface area (Å²) in [4.78, 5) is 17.3. The molecule has 1 fully saturated rings. The number of carbonyl (C=O) groups excluding carboxylic acids is 1. The molecule has 0 bridgehead atoms. The fraction of sp³-hybridized carbons (Fsp3) is 0.120. The number of halogens is 4. The van der Waals surface area contributed by atoms with Crippen LogP contribution in [0.5, 0.6) is 11.5 Å². The molecule has 3 aromatic rings. The first-order chi connectivity index (χ1) is 16.8. The van der Waals surface area contributed by atoms with Crippen molar-refractivity contribution >= 4 is 80.4 Å². The van der Waals surface area contributed by atoms with E-state index in [1.54, 1.807) is 30.3 Å². The molecule has 0 radical (unpaired) electrons. The third-order valence-corrected chi connectivity index (χ3v) is 7.02. The molecular formula is C25H18Cl2FIN2O3S. The summed E-state index contributed by atoms with van der Waals surface area (Å²) in [5.41, 5.74) is 2.12. The van der Waals surface area contributed by atoms with E-state index >= 15 is 0 Å². The lowest BCUT2D eigenvalue weighted by Crippen LogP contribution is -2.19. The average Bonchev–Trinajstić information content (AvgIpc) is 3.14. The second-order valence-corrected chi connectivity index (χ2v) is 10.3. The molecule has 180 valence electrons. The maximum Gasteiger partial charge on any atom is 0.264 e. The molecule has 0 saturated carbocycles. The second kappa shape index (κ2) is 11.6. The van der Waals surface area contributed by atoms with E-state index in [-0.39, 0.29) is 18.3 Å². The van der Waals surface area contributed by atoms with Crippen molar-refractivity contribution in [3.8, 4) is 11.5 Å². The van der Waals surface area contributed by atoms with Gasteiger partial charge in [-0.15, -0.1) is 0 Å². The van der Waals surface area contributed by atoms with Crippen molar-refractivity contribution in [1.82, 2.24) is 5.32 Å². The van der Waals surface area contributed by atoms with Gasteiger partial charge in [-0.05, 0) is 101 Å². The van der Waals surface area contributed by atoms with Crippen LogP contribution in [-0.2, 0) is 11.4 Å². The van der Waals surface area contributed by atoms with E-state index in [1.165, 1.54) is 23.9 Å². The van der Waals surface area contributed by atoms with Crippen LogP contribution in [-0.4, -0.2) is 17.7 Å². The standard InChI is InChI=1S/C25H18Cl2FIN2O3S/c1-2-33-21-10-14(9-20(29)23(21)34-13-15-3-4-16(26)12-19(15)27)11-22-24(32)31-25(35-22)30-18-7-5-17(28)6-8-18/h3-12H,2,13H2,1H3,(H,30,31,32)/b22-11+. The Morgan fingerprint density at radius 1 is 1.11 bits per heavy atom. The number of ether oxygens (including phenoxy) is 2. The average molecular weight is 643 g/mol. The Hall–Kier alpha value is -2.27. The third kappa shape index (κ3) is 6.69. The van der Waals surface area contributed by atoms with Crippen molar-refractivity contribution in [3.63, 3.8) is 0 Å². The Morgan fingerprint density at radius 3 is 2.60 bits per heavy atom. The fourth-order valence-corrected chi connectivity index (χ4v) is 5.21. The van der Waals surface area contributed by atoms with Gasteiger partial charge in [0.15, 0.2) is 16.7 Å². The number of nitrogens with zero attached hydrogens (tertiary/aromatic N) is 1. The van der Waals surface area contributed by atoms with E-state index in [1.807, 2.05) is 25.1 Å². The summed E-state index contributed by atoms with van der Waals surface area (Å²) in [5, 5.41) is 4.23. The van der Waals surface area contributed by atoms with Crippen LogP contribution in [0.3, 0.4) is 0 Å². The molecular weight excluding hydrogens is 625 g/mol. The molecule has 3 aromatic carbocycles. The lowest BCUT2D eigenvalue weighted by atomic mass is 10.1. The van der Waals surface area contributed by atoms with Gasteiger partial charge in [0.2, 0.25) is 0 Å². The molecule has 1 amide bonds. The van der Waals surface area contributed by atoms with E-state index in [2.05, 4.69) is 32.9 Å². The van der Waals surface area contributed by atoms with Gasteiger partial charge in [0, 0.05) is 15.6 Å². The molecule has 1 saturated heterocycles. The summed E-state index contributed by atoms with van der Waals surface area (Å²) in [7, 11) is 0. The zero-order valence-corrected chi connectivity index (χ0v) is 22.8. The molecule has 1 N–H and O–H groups in total. The third-order valence-electron chi connectivity index (χ3n) is 4.72. The largest absolute Gasteiger partial charge is 0.490 e. The molecule has 35 heavy (non-hydrogen) atoms. The van der Waals surface area contributed by atoms with Crippen molar-refractivity contribution in [1.29, 1.82) is 0 Å². The number of benzene rings is 3. The van der Waals surface area contributed by atoms with Crippen LogP contribution in [0.25, 0.3) is 6.08 Å². The highest BCUT2D eigenvalue weighted by molar-refractivity contribution is 14.1. The number of thioether (sulfide) groups is 1. The van der Waals surface area contributed by atoms with Crippen LogP contribution < -0.4 is 14.8 Å². The number of amidine groups is 1. The zero-order chi connectivity index (χ0) is 24.9. The normalized spacial score (nSPS) is 15.5. The van der Waals surface area contributed by atoms with Crippen molar-refractivity contribution in [2.45, 2.75) is 13.5 Å².